The van der Waals surface area contributed by atoms with E-state index in [1.807, 2.05) is 6.07 Å². The molecule has 0 spiro atoms. The van der Waals surface area contributed by atoms with Crippen molar-refractivity contribution in [2.45, 2.75) is 45.2 Å². The van der Waals surface area contributed by atoms with Crippen LogP contribution in [-0.2, 0) is 0 Å². The quantitative estimate of drug-likeness (QED) is 0.859. The van der Waals surface area contributed by atoms with E-state index >= 15 is 0 Å². The van der Waals surface area contributed by atoms with Crippen LogP contribution in [0.15, 0.2) is 24.3 Å². The predicted octanol–water partition coefficient (Wildman–Crippen LogP) is 3.53. The van der Waals surface area contributed by atoms with Crippen LogP contribution in [0.4, 0.5) is 0 Å². The summed E-state index contributed by atoms with van der Waals surface area (Å²) in [6.07, 6.45) is 4.04. The lowest BCUT2D eigenvalue weighted by Crippen LogP contribution is -2.33. The van der Waals surface area contributed by atoms with Gasteiger partial charge in [0.25, 0.3) is 0 Å². The molecule has 2 unspecified atom stereocenters. The zero-order chi connectivity index (χ0) is 12.3. The number of rotatable bonds is 4. The summed E-state index contributed by atoms with van der Waals surface area (Å²) >= 11 is 0. The molecule has 1 aromatic rings. The maximum atomic E-state index is 5.27. The first-order valence-electron chi connectivity index (χ1n) is 6.60. The van der Waals surface area contributed by atoms with Crippen LogP contribution in [0.5, 0.6) is 5.75 Å². The first-order valence-corrected chi connectivity index (χ1v) is 6.60. The molecule has 1 fully saturated rings. The molecule has 1 aromatic carbocycles. The van der Waals surface area contributed by atoms with Crippen LogP contribution in [0.1, 0.15) is 44.7 Å². The van der Waals surface area contributed by atoms with Gasteiger partial charge in [0.05, 0.1) is 7.11 Å². The average molecular weight is 233 g/mol. The van der Waals surface area contributed by atoms with Crippen LogP contribution < -0.4 is 10.1 Å². The van der Waals surface area contributed by atoms with E-state index in [9.17, 15) is 0 Å². The van der Waals surface area contributed by atoms with Crippen molar-refractivity contribution in [1.29, 1.82) is 0 Å². The van der Waals surface area contributed by atoms with E-state index in [-0.39, 0.29) is 0 Å². The highest BCUT2D eigenvalue weighted by Gasteiger charge is 2.24. The smallest absolute Gasteiger partial charge is 0.119 e. The zero-order valence-corrected chi connectivity index (χ0v) is 11.1. The lowest BCUT2D eigenvalue weighted by molar-refractivity contribution is 0.385. The van der Waals surface area contributed by atoms with Crippen LogP contribution >= 0.6 is 0 Å². The Hall–Kier alpha value is -1.02. The molecule has 0 saturated heterocycles. The zero-order valence-electron chi connectivity index (χ0n) is 11.1. The van der Waals surface area contributed by atoms with Gasteiger partial charge in [-0.2, -0.15) is 0 Å². The van der Waals surface area contributed by atoms with Crippen LogP contribution in [-0.4, -0.2) is 13.2 Å². The fourth-order valence-electron chi connectivity index (χ4n) is 2.72. The van der Waals surface area contributed by atoms with E-state index < -0.39 is 0 Å². The van der Waals surface area contributed by atoms with E-state index in [1.54, 1.807) is 7.11 Å². The largest absolute Gasteiger partial charge is 0.497 e. The van der Waals surface area contributed by atoms with Gasteiger partial charge < -0.3 is 10.1 Å². The summed E-state index contributed by atoms with van der Waals surface area (Å²) in [6, 6.07) is 9.42. The molecule has 0 aromatic heterocycles. The number of benzene rings is 1. The second-order valence-electron chi connectivity index (χ2n) is 5.18. The SMILES string of the molecule is COc1cccc([C@@H](C)NC2CCCC2C)c1. The topological polar surface area (TPSA) is 21.3 Å². The van der Waals surface area contributed by atoms with Gasteiger partial charge in [-0.3, -0.25) is 0 Å². The van der Waals surface area contributed by atoms with Crippen molar-refractivity contribution in [1.82, 2.24) is 5.32 Å². The third kappa shape index (κ3) is 3.01. The minimum atomic E-state index is 0.399. The molecule has 2 rings (SSSR count). The summed E-state index contributed by atoms with van der Waals surface area (Å²) in [7, 11) is 1.72. The van der Waals surface area contributed by atoms with Gasteiger partial charge in [0.15, 0.2) is 0 Å². The van der Waals surface area contributed by atoms with Crippen molar-refractivity contribution in [3.63, 3.8) is 0 Å². The van der Waals surface area contributed by atoms with Gasteiger partial charge in [0, 0.05) is 12.1 Å². The Labute approximate surface area is 104 Å². The van der Waals surface area contributed by atoms with Gasteiger partial charge >= 0.3 is 0 Å². The molecule has 2 heteroatoms. The summed E-state index contributed by atoms with van der Waals surface area (Å²) in [5.41, 5.74) is 1.31. The highest BCUT2D eigenvalue weighted by Crippen LogP contribution is 2.28. The molecule has 17 heavy (non-hydrogen) atoms. The van der Waals surface area contributed by atoms with Crippen LogP contribution in [0.25, 0.3) is 0 Å². The highest BCUT2D eigenvalue weighted by molar-refractivity contribution is 5.30. The van der Waals surface area contributed by atoms with Gasteiger partial charge in [0.2, 0.25) is 0 Å². The van der Waals surface area contributed by atoms with Gasteiger partial charge in [-0.25, -0.2) is 0 Å². The molecule has 0 heterocycles. The van der Waals surface area contributed by atoms with Crippen LogP contribution in [0, 0.1) is 5.92 Å². The Morgan fingerprint density at radius 1 is 1.35 bits per heavy atom. The standard InChI is InChI=1S/C15H23NO/c1-11-6-4-9-15(11)16-12(2)13-7-5-8-14(10-13)17-3/h5,7-8,10-12,15-16H,4,6,9H2,1-3H3/t11?,12-,15?/m1/s1. The van der Waals surface area contributed by atoms with Gasteiger partial charge in [-0.15, -0.1) is 0 Å². The summed E-state index contributed by atoms with van der Waals surface area (Å²) in [5.74, 6) is 1.75. The number of hydrogen-bond acceptors (Lipinski definition) is 2. The summed E-state index contributed by atoms with van der Waals surface area (Å²) in [5, 5.41) is 3.74. The van der Waals surface area contributed by atoms with E-state index in [0.29, 0.717) is 12.1 Å². The number of hydrogen-bond donors (Lipinski definition) is 1. The lowest BCUT2D eigenvalue weighted by Gasteiger charge is -2.23. The second kappa shape index (κ2) is 5.54. The molecule has 0 radical (unpaired) electrons. The summed E-state index contributed by atoms with van der Waals surface area (Å²) < 4.78 is 5.27. The molecule has 0 amide bonds. The fourth-order valence-corrected chi connectivity index (χ4v) is 2.72. The molecule has 1 saturated carbocycles. The normalized spacial score (nSPS) is 25.8. The van der Waals surface area contributed by atoms with Crippen molar-refractivity contribution in [2.24, 2.45) is 5.92 Å². The molecular weight excluding hydrogens is 210 g/mol. The van der Waals surface area contributed by atoms with E-state index in [0.717, 1.165) is 11.7 Å². The number of methoxy groups -OCH3 is 1. The predicted molar refractivity (Wildman–Crippen MR) is 71.3 cm³/mol. The summed E-state index contributed by atoms with van der Waals surface area (Å²) in [4.78, 5) is 0. The molecule has 94 valence electrons. The van der Waals surface area contributed by atoms with Crippen LogP contribution in [0.2, 0.25) is 0 Å². The van der Waals surface area contributed by atoms with E-state index in [1.165, 1.54) is 24.8 Å². The first kappa shape index (κ1) is 12.4. The maximum Gasteiger partial charge on any atom is 0.119 e. The molecule has 1 N–H and O–H groups in total. The van der Waals surface area contributed by atoms with Crippen molar-refractivity contribution in [3.05, 3.63) is 29.8 Å². The Kier molecular flexibility index (Phi) is 4.06. The van der Waals surface area contributed by atoms with Crippen molar-refractivity contribution < 1.29 is 4.74 Å². The fraction of sp³-hybridized carbons (Fsp3) is 0.600. The van der Waals surface area contributed by atoms with Crippen molar-refractivity contribution in [3.8, 4) is 5.75 Å². The maximum absolute atomic E-state index is 5.27. The van der Waals surface area contributed by atoms with Gasteiger partial charge in [-0.1, -0.05) is 25.5 Å². The Morgan fingerprint density at radius 3 is 2.82 bits per heavy atom. The third-order valence-corrected chi connectivity index (χ3v) is 3.92. The molecule has 2 nitrogen and oxygen atoms in total. The van der Waals surface area contributed by atoms with E-state index in [2.05, 4.69) is 37.4 Å². The second-order valence-corrected chi connectivity index (χ2v) is 5.18. The van der Waals surface area contributed by atoms with Gasteiger partial charge in [-0.05, 0) is 43.4 Å². The van der Waals surface area contributed by atoms with Gasteiger partial charge in [0.1, 0.15) is 5.75 Å². The Morgan fingerprint density at radius 2 is 2.18 bits per heavy atom. The average Bonchev–Trinajstić information content (AvgIpc) is 2.75. The Bertz CT molecular complexity index is 364. The monoisotopic (exact) mass is 233 g/mol. The molecular formula is C15H23NO. The molecule has 0 aliphatic heterocycles. The number of nitrogens with one attached hydrogen (secondary N) is 1. The molecule has 3 atom stereocenters. The third-order valence-electron chi connectivity index (χ3n) is 3.92. The molecule has 1 aliphatic carbocycles. The first-order chi connectivity index (χ1) is 8.20. The Balaban J connectivity index is 2.00. The minimum Gasteiger partial charge on any atom is -0.497 e. The van der Waals surface area contributed by atoms with Crippen LogP contribution in [0.3, 0.4) is 0 Å². The van der Waals surface area contributed by atoms with E-state index in [4.69, 9.17) is 4.74 Å². The summed E-state index contributed by atoms with van der Waals surface area (Å²) in [6.45, 7) is 4.59. The number of ether oxygens (including phenoxy) is 1. The minimum absolute atomic E-state index is 0.399. The lowest BCUT2D eigenvalue weighted by atomic mass is 10.0. The van der Waals surface area contributed by atoms with Crippen molar-refractivity contribution >= 4 is 0 Å². The highest BCUT2D eigenvalue weighted by atomic mass is 16.5. The molecule has 1 aliphatic rings. The van der Waals surface area contributed by atoms with Crippen molar-refractivity contribution in [2.75, 3.05) is 7.11 Å². The molecule has 0 bridgehead atoms.